The van der Waals surface area contributed by atoms with Crippen LogP contribution in [-0.2, 0) is 31.3 Å². The van der Waals surface area contributed by atoms with Crippen molar-refractivity contribution in [3.8, 4) is 0 Å². The van der Waals surface area contributed by atoms with Gasteiger partial charge in [-0.1, -0.05) is 38.1 Å². The van der Waals surface area contributed by atoms with E-state index in [2.05, 4.69) is 65.0 Å². The van der Waals surface area contributed by atoms with Crippen LogP contribution in [0.1, 0.15) is 48.6 Å². The monoisotopic (exact) mass is 411 g/mol. The average molecular weight is 412 g/mol. The van der Waals surface area contributed by atoms with Crippen LogP contribution < -0.4 is 10.2 Å². The molecule has 0 saturated carbocycles. The molecule has 1 aromatic heterocycles. The molecule has 0 spiro atoms. The minimum absolute atomic E-state index is 0.427. The van der Waals surface area contributed by atoms with Crippen LogP contribution in [0, 0.1) is 0 Å². The normalized spacial score (nSPS) is 17.5. The van der Waals surface area contributed by atoms with Crippen molar-refractivity contribution in [1.29, 1.82) is 0 Å². The van der Waals surface area contributed by atoms with E-state index in [0.29, 0.717) is 5.92 Å². The van der Waals surface area contributed by atoms with Gasteiger partial charge in [0.1, 0.15) is 5.82 Å². The van der Waals surface area contributed by atoms with Gasteiger partial charge in [-0.25, -0.2) is 0 Å². The zero-order valence-electron chi connectivity index (χ0n) is 18.9. The maximum atomic E-state index is 5.56. The summed E-state index contributed by atoms with van der Waals surface area (Å²) in [4.78, 5) is 5.03. The number of aryl methyl sites for hydroxylation is 1. The van der Waals surface area contributed by atoms with Crippen LogP contribution in [0.25, 0.3) is 0 Å². The molecule has 1 aromatic carbocycles. The zero-order chi connectivity index (χ0) is 20.9. The Bertz CT molecular complexity index is 825. The van der Waals surface area contributed by atoms with Crippen molar-refractivity contribution < 1.29 is 4.74 Å². The van der Waals surface area contributed by atoms with Crippen LogP contribution in [0.4, 0.5) is 5.82 Å². The number of nitrogens with zero attached hydrogens (tertiary/aromatic N) is 4. The molecule has 4 rings (SSSR count). The number of nitrogens with one attached hydrogen (secondary N) is 1. The quantitative estimate of drug-likeness (QED) is 0.677. The predicted octanol–water partition coefficient (Wildman–Crippen LogP) is 2.92. The summed E-state index contributed by atoms with van der Waals surface area (Å²) in [6.45, 7) is 13.3. The minimum atomic E-state index is 0.427. The van der Waals surface area contributed by atoms with Crippen molar-refractivity contribution in [2.24, 2.45) is 7.05 Å². The Kier molecular flexibility index (Phi) is 7.08. The Hall–Kier alpha value is -1.89. The number of fused-ring (bicyclic) bond motifs is 1. The van der Waals surface area contributed by atoms with Gasteiger partial charge in [-0.05, 0) is 43.0 Å². The third-order valence-electron chi connectivity index (χ3n) is 6.34. The molecule has 6 nitrogen and oxygen atoms in total. The van der Waals surface area contributed by atoms with Crippen molar-refractivity contribution in [3.63, 3.8) is 0 Å². The highest BCUT2D eigenvalue weighted by atomic mass is 16.5. The maximum absolute atomic E-state index is 5.56. The summed E-state index contributed by atoms with van der Waals surface area (Å²) in [5.41, 5.74) is 5.62. The first-order valence-corrected chi connectivity index (χ1v) is 11.5. The molecule has 0 atom stereocenters. The fraction of sp³-hybridized carbons (Fsp3) is 0.625. The van der Waals surface area contributed by atoms with E-state index in [1.54, 1.807) is 0 Å². The second-order valence-corrected chi connectivity index (χ2v) is 8.89. The molecule has 6 heteroatoms. The molecular formula is C24H37N5O. The Labute approximate surface area is 181 Å². The van der Waals surface area contributed by atoms with Gasteiger partial charge < -0.3 is 15.0 Å². The lowest BCUT2D eigenvalue weighted by atomic mass is 10.00. The molecule has 2 aromatic rings. The lowest BCUT2D eigenvalue weighted by molar-refractivity contribution is 0.122. The van der Waals surface area contributed by atoms with Crippen molar-refractivity contribution in [1.82, 2.24) is 20.0 Å². The van der Waals surface area contributed by atoms with E-state index in [9.17, 15) is 0 Å². The van der Waals surface area contributed by atoms with E-state index in [4.69, 9.17) is 9.84 Å². The summed E-state index contributed by atoms with van der Waals surface area (Å²) in [6, 6.07) is 8.88. The third kappa shape index (κ3) is 4.88. The average Bonchev–Trinajstić information content (AvgIpc) is 3.10. The molecule has 0 bridgehead atoms. The summed E-state index contributed by atoms with van der Waals surface area (Å²) in [7, 11) is 2.08. The Morgan fingerprint density at radius 1 is 1.10 bits per heavy atom. The lowest BCUT2D eigenvalue weighted by Gasteiger charge is -2.30. The number of ether oxygens (including phenoxy) is 1. The molecule has 164 valence electrons. The SMILES string of the molecule is CC(C)c1nn(C)c(N2CCOCC2)c1CNCCCN1CCc2ccccc2C1. The highest BCUT2D eigenvalue weighted by Crippen LogP contribution is 2.29. The molecule has 1 saturated heterocycles. The number of morpholine rings is 1. The standard InChI is InChI=1S/C24H37N5O/c1-19(2)23-22(24(27(3)26-23)29-13-15-30-16-14-29)17-25-10-6-11-28-12-9-20-7-4-5-8-21(20)18-28/h4-5,7-8,19,25H,6,9-18H2,1-3H3. The smallest absolute Gasteiger partial charge is 0.131 e. The largest absolute Gasteiger partial charge is 0.378 e. The predicted molar refractivity (Wildman–Crippen MR) is 122 cm³/mol. The topological polar surface area (TPSA) is 45.6 Å². The molecule has 0 unspecified atom stereocenters. The van der Waals surface area contributed by atoms with Crippen LogP contribution in [0.3, 0.4) is 0 Å². The molecule has 1 N–H and O–H groups in total. The molecular weight excluding hydrogens is 374 g/mol. The van der Waals surface area contributed by atoms with E-state index in [0.717, 1.165) is 52.5 Å². The van der Waals surface area contributed by atoms with E-state index in [1.165, 1.54) is 47.6 Å². The van der Waals surface area contributed by atoms with Gasteiger partial charge in [0.05, 0.1) is 18.9 Å². The van der Waals surface area contributed by atoms with Crippen molar-refractivity contribution in [2.75, 3.05) is 50.8 Å². The Balaban J connectivity index is 1.30. The Morgan fingerprint density at radius 3 is 2.63 bits per heavy atom. The molecule has 0 aliphatic carbocycles. The highest BCUT2D eigenvalue weighted by molar-refractivity contribution is 5.51. The van der Waals surface area contributed by atoms with Gasteiger partial charge in [0.25, 0.3) is 0 Å². The number of hydrogen-bond donors (Lipinski definition) is 1. The van der Waals surface area contributed by atoms with Gasteiger partial charge in [-0.15, -0.1) is 0 Å². The highest BCUT2D eigenvalue weighted by Gasteiger charge is 2.24. The van der Waals surface area contributed by atoms with Gasteiger partial charge in [0.15, 0.2) is 0 Å². The summed E-state index contributed by atoms with van der Waals surface area (Å²) >= 11 is 0. The van der Waals surface area contributed by atoms with Crippen LogP contribution >= 0.6 is 0 Å². The lowest BCUT2D eigenvalue weighted by Crippen LogP contribution is -2.38. The van der Waals surface area contributed by atoms with Crippen LogP contribution in [0.15, 0.2) is 24.3 Å². The van der Waals surface area contributed by atoms with E-state index in [-0.39, 0.29) is 0 Å². The van der Waals surface area contributed by atoms with Gasteiger partial charge in [-0.3, -0.25) is 9.58 Å². The zero-order valence-corrected chi connectivity index (χ0v) is 18.9. The minimum Gasteiger partial charge on any atom is -0.378 e. The fourth-order valence-corrected chi connectivity index (χ4v) is 4.77. The first-order chi connectivity index (χ1) is 14.6. The molecule has 3 heterocycles. The molecule has 1 fully saturated rings. The third-order valence-corrected chi connectivity index (χ3v) is 6.34. The molecule has 2 aliphatic rings. The van der Waals surface area contributed by atoms with Gasteiger partial charge in [-0.2, -0.15) is 5.10 Å². The first kappa shape index (κ1) is 21.3. The van der Waals surface area contributed by atoms with Gasteiger partial charge in [0.2, 0.25) is 0 Å². The Morgan fingerprint density at radius 2 is 1.87 bits per heavy atom. The second kappa shape index (κ2) is 9.94. The molecule has 0 radical (unpaired) electrons. The molecule has 0 amide bonds. The second-order valence-electron chi connectivity index (χ2n) is 8.89. The number of rotatable bonds is 8. The number of benzene rings is 1. The number of hydrogen-bond acceptors (Lipinski definition) is 5. The van der Waals surface area contributed by atoms with Crippen molar-refractivity contribution in [3.05, 3.63) is 46.6 Å². The molecule has 2 aliphatic heterocycles. The van der Waals surface area contributed by atoms with Crippen LogP contribution in [0.2, 0.25) is 0 Å². The van der Waals surface area contributed by atoms with Gasteiger partial charge >= 0.3 is 0 Å². The fourth-order valence-electron chi connectivity index (χ4n) is 4.77. The van der Waals surface area contributed by atoms with Gasteiger partial charge in [0, 0.05) is 45.3 Å². The van der Waals surface area contributed by atoms with Crippen molar-refractivity contribution >= 4 is 5.82 Å². The van der Waals surface area contributed by atoms with Crippen LogP contribution in [0.5, 0.6) is 0 Å². The number of anilines is 1. The van der Waals surface area contributed by atoms with Crippen LogP contribution in [-0.4, -0.2) is 60.6 Å². The summed E-state index contributed by atoms with van der Waals surface area (Å²) in [5, 5.41) is 8.58. The first-order valence-electron chi connectivity index (χ1n) is 11.5. The summed E-state index contributed by atoms with van der Waals surface area (Å²) in [5.74, 6) is 1.69. The summed E-state index contributed by atoms with van der Waals surface area (Å²) in [6.07, 6.45) is 2.35. The van der Waals surface area contributed by atoms with E-state index < -0.39 is 0 Å². The maximum Gasteiger partial charge on any atom is 0.131 e. The number of aromatic nitrogens is 2. The molecule has 30 heavy (non-hydrogen) atoms. The van der Waals surface area contributed by atoms with E-state index >= 15 is 0 Å². The summed E-state index contributed by atoms with van der Waals surface area (Å²) < 4.78 is 7.63. The van der Waals surface area contributed by atoms with E-state index in [1.807, 2.05) is 0 Å². The van der Waals surface area contributed by atoms with Crippen molar-refractivity contribution in [2.45, 2.75) is 45.7 Å².